The summed E-state index contributed by atoms with van der Waals surface area (Å²) in [6.45, 7) is 2.09. The highest BCUT2D eigenvalue weighted by atomic mass is 35.5. The maximum atomic E-state index is 4.34. The molecule has 0 saturated carbocycles. The lowest BCUT2D eigenvalue weighted by molar-refractivity contribution is 0.137. The summed E-state index contributed by atoms with van der Waals surface area (Å²) >= 11 is 0. The molecule has 2 aromatic rings. The Hall–Kier alpha value is -1.03. The van der Waals surface area contributed by atoms with Crippen LogP contribution < -0.4 is 0 Å². The van der Waals surface area contributed by atoms with Crippen molar-refractivity contribution in [3.63, 3.8) is 0 Å². The zero-order valence-electron chi connectivity index (χ0n) is 11.4. The molecule has 0 amide bonds. The number of imidazole rings is 1. The van der Waals surface area contributed by atoms with Crippen molar-refractivity contribution in [1.29, 1.82) is 0 Å². The van der Waals surface area contributed by atoms with Crippen LogP contribution in [0.4, 0.5) is 0 Å². The fraction of sp³-hybridized carbons (Fsp3) is 0.400. The van der Waals surface area contributed by atoms with Gasteiger partial charge in [-0.1, -0.05) is 36.8 Å². The Kier molecular flexibility index (Phi) is 7.06. The standard InChI is InChI=1S/C15H19N3.2ClH/c1-2-6-13(7-3-1)14-8-4-5-11-18(14)12-15-16-9-10-17-15;;/h1-3,6-7,9-10,14H,4-5,8,11-12H2,(H,16,17);2*1H. The van der Waals surface area contributed by atoms with E-state index in [1.54, 1.807) is 0 Å². The summed E-state index contributed by atoms with van der Waals surface area (Å²) in [4.78, 5) is 10.1. The minimum absolute atomic E-state index is 0. The number of nitrogens with zero attached hydrogens (tertiary/aromatic N) is 2. The minimum Gasteiger partial charge on any atom is -0.348 e. The van der Waals surface area contributed by atoms with Crippen molar-refractivity contribution in [2.75, 3.05) is 6.54 Å². The number of likely N-dealkylation sites (tertiary alicyclic amines) is 1. The highest BCUT2D eigenvalue weighted by Gasteiger charge is 2.24. The van der Waals surface area contributed by atoms with E-state index in [1.807, 2.05) is 12.4 Å². The van der Waals surface area contributed by atoms with E-state index in [2.05, 4.69) is 45.2 Å². The molecule has 1 N–H and O–H groups in total. The Morgan fingerprint density at radius 3 is 2.65 bits per heavy atom. The molecule has 1 atom stereocenters. The molecule has 0 spiro atoms. The molecule has 1 fully saturated rings. The molecule has 3 rings (SSSR count). The van der Waals surface area contributed by atoms with E-state index in [-0.39, 0.29) is 24.8 Å². The van der Waals surface area contributed by atoms with Crippen LogP contribution in [0.3, 0.4) is 0 Å². The molecular weight excluding hydrogens is 293 g/mol. The van der Waals surface area contributed by atoms with E-state index in [9.17, 15) is 0 Å². The van der Waals surface area contributed by atoms with Gasteiger partial charge in [0, 0.05) is 18.4 Å². The van der Waals surface area contributed by atoms with E-state index >= 15 is 0 Å². The molecule has 1 aromatic carbocycles. The third-order valence-corrected chi connectivity index (χ3v) is 3.71. The smallest absolute Gasteiger partial charge is 0.120 e. The second-order valence-electron chi connectivity index (χ2n) is 4.93. The lowest BCUT2D eigenvalue weighted by atomic mass is 9.95. The molecule has 0 aliphatic carbocycles. The Balaban J connectivity index is 0.000001000. The molecule has 5 heteroatoms. The molecule has 1 saturated heterocycles. The fourth-order valence-corrected chi connectivity index (χ4v) is 2.81. The molecule has 2 heterocycles. The van der Waals surface area contributed by atoms with Crippen LogP contribution in [0.1, 0.15) is 36.7 Å². The first-order chi connectivity index (χ1) is 8.93. The van der Waals surface area contributed by atoms with Gasteiger partial charge in [0.05, 0.1) is 6.54 Å². The average molecular weight is 314 g/mol. The Morgan fingerprint density at radius 2 is 1.95 bits per heavy atom. The second kappa shape index (κ2) is 8.30. The van der Waals surface area contributed by atoms with Gasteiger partial charge >= 0.3 is 0 Å². The van der Waals surface area contributed by atoms with Crippen molar-refractivity contribution in [3.05, 3.63) is 54.1 Å². The van der Waals surface area contributed by atoms with Crippen LogP contribution >= 0.6 is 24.8 Å². The molecule has 1 unspecified atom stereocenters. The van der Waals surface area contributed by atoms with Gasteiger partial charge in [-0.25, -0.2) is 4.98 Å². The SMILES string of the molecule is Cl.Cl.c1ccc(C2CCCCN2Cc2ncc[nH]2)cc1. The molecule has 1 aromatic heterocycles. The van der Waals surface area contributed by atoms with Gasteiger partial charge in [-0.3, -0.25) is 4.90 Å². The van der Waals surface area contributed by atoms with Crippen LogP contribution in [0.5, 0.6) is 0 Å². The van der Waals surface area contributed by atoms with Crippen LogP contribution in [-0.2, 0) is 6.54 Å². The number of benzene rings is 1. The summed E-state index contributed by atoms with van der Waals surface area (Å²) in [6, 6.07) is 11.4. The van der Waals surface area contributed by atoms with E-state index in [0.717, 1.165) is 12.4 Å². The summed E-state index contributed by atoms with van der Waals surface area (Å²) in [7, 11) is 0. The number of rotatable bonds is 3. The third-order valence-electron chi connectivity index (χ3n) is 3.71. The summed E-state index contributed by atoms with van der Waals surface area (Å²) < 4.78 is 0. The predicted octanol–water partition coefficient (Wildman–Crippen LogP) is 3.98. The van der Waals surface area contributed by atoms with Crippen molar-refractivity contribution in [1.82, 2.24) is 14.9 Å². The van der Waals surface area contributed by atoms with Crippen molar-refractivity contribution in [2.45, 2.75) is 31.8 Å². The first-order valence-corrected chi connectivity index (χ1v) is 6.71. The summed E-state index contributed by atoms with van der Waals surface area (Å²) in [5.41, 5.74) is 1.43. The number of hydrogen-bond donors (Lipinski definition) is 1. The number of aromatic amines is 1. The number of nitrogens with one attached hydrogen (secondary N) is 1. The zero-order chi connectivity index (χ0) is 12.2. The topological polar surface area (TPSA) is 31.9 Å². The van der Waals surface area contributed by atoms with Crippen LogP contribution in [0.25, 0.3) is 0 Å². The van der Waals surface area contributed by atoms with Gasteiger partial charge in [0.2, 0.25) is 0 Å². The largest absolute Gasteiger partial charge is 0.348 e. The quantitative estimate of drug-likeness (QED) is 0.929. The molecule has 1 aliphatic rings. The highest BCUT2D eigenvalue weighted by Crippen LogP contribution is 2.31. The van der Waals surface area contributed by atoms with Crippen LogP contribution in [-0.4, -0.2) is 21.4 Å². The number of piperidine rings is 1. The molecule has 0 radical (unpaired) electrons. The summed E-state index contributed by atoms with van der Waals surface area (Å²) in [5, 5.41) is 0. The van der Waals surface area contributed by atoms with Crippen molar-refractivity contribution in [3.8, 4) is 0 Å². The fourth-order valence-electron chi connectivity index (χ4n) is 2.81. The number of aromatic nitrogens is 2. The van der Waals surface area contributed by atoms with Crippen LogP contribution in [0.2, 0.25) is 0 Å². The molecular formula is C15H21Cl2N3. The van der Waals surface area contributed by atoms with Gasteiger partial charge in [0.25, 0.3) is 0 Å². The molecule has 110 valence electrons. The summed E-state index contributed by atoms with van der Waals surface area (Å²) in [6.07, 6.45) is 7.61. The van der Waals surface area contributed by atoms with Crippen molar-refractivity contribution >= 4 is 24.8 Å². The first kappa shape index (κ1) is 17.0. The second-order valence-corrected chi connectivity index (χ2v) is 4.93. The number of H-pyrrole nitrogens is 1. The van der Waals surface area contributed by atoms with Gasteiger partial charge in [-0.2, -0.15) is 0 Å². The van der Waals surface area contributed by atoms with Crippen LogP contribution in [0.15, 0.2) is 42.7 Å². The molecule has 1 aliphatic heterocycles. The normalized spacial score (nSPS) is 18.9. The Morgan fingerprint density at radius 1 is 1.15 bits per heavy atom. The van der Waals surface area contributed by atoms with Gasteiger partial charge in [-0.05, 0) is 24.9 Å². The van der Waals surface area contributed by atoms with Crippen LogP contribution in [0, 0.1) is 0 Å². The number of halogens is 2. The first-order valence-electron chi connectivity index (χ1n) is 6.71. The lowest BCUT2D eigenvalue weighted by Crippen LogP contribution is -2.33. The van der Waals surface area contributed by atoms with Crippen molar-refractivity contribution in [2.24, 2.45) is 0 Å². The molecule has 3 nitrogen and oxygen atoms in total. The van der Waals surface area contributed by atoms with E-state index in [1.165, 1.54) is 31.4 Å². The maximum absolute atomic E-state index is 4.34. The Bertz CT molecular complexity index is 473. The van der Waals surface area contributed by atoms with Gasteiger partial charge in [0.1, 0.15) is 5.82 Å². The lowest BCUT2D eigenvalue weighted by Gasteiger charge is -2.35. The van der Waals surface area contributed by atoms with Gasteiger partial charge < -0.3 is 4.98 Å². The van der Waals surface area contributed by atoms with Gasteiger partial charge in [0.15, 0.2) is 0 Å². The van der Waals surface area contributed by atoms with Crippen molar-refractivity contribution < 1.29 is 0 Å². The third kappa shape index (κ3) is 3.98. The minimum atomic E-state index is 0. The molecule has 20 heavy (non-hydrogen) atoms. The average Bonchev–Trinajstić information content (AvgIpc) is 2.93. The van der Waals surface area contributed by atoms with Gasteiger partial charge in [-0.15, -0.1) is 24.8 Å². The van der Waals surface area contributed by atoms with E-state index in [0.29, 0.717) is 6.04 Å². The van der Waals surface area contributed by atoms with E-state index < -0.39 is 0 Å². The zero-order valence-corrected chi connectivity index (χ0v) is 13.0. The highest BCUT2D eigenvalue weighted by molar-refractivity contribution is 5.85. The maximum Gasteiger partial charge on any atom is 0.120 e. The summed E-state index contributed by atoms with van der Waals surface area (Å²) in [5.74, 6) is 1.07. The number of hydrogen-bond acceptors (Lipinski definition) is 2. The van der Waals surface area contributed by atoms with E-state index in [4.69, 9.17) is 0 Å². The Labute approximate surface area is 132 Å². The predicted molar refractivity (Wildman–Crippen MR) is 86.5 cm³/mol. The molecule has 0 bridgehead atoms. The monoisotopic (exact) mass is 313 g/mol.